The second-order valence-electron chi connectivity index (χ2n) is 4.21. The molecule has 1 aliphatic heterocycles. The van der Waals surface area contributed by atoms with Gasteiger partial charge >= 0.3 is 0 Å². The number of hydrogen-bond donors (Lipinski definition) is 2. The first-order valence-corrected chi connectivity index (χ1v) is 5.74. The number of pyridine rings is 1. The molecule has 90 valence electrons. The Labute approximate surface area is 107 Å². The van der Waals surface area contributed by atoms with E-state index >= 15 is 0 Å². The first kappa shape index (κ1) is 12.1. The normalized spacial score (nSPS) is 18.9. The van der Waals surface area contributed by atoms with Gasteiger partial charge in [-0.05, 0) is 25.1 Å². The van der Waals surface area contributed by atoms with Crippen LogP contribution in [0.1, 0.15) is 6.42 Å². The first-order valence-electron chi connectivity index (χ1n) is 5.74. The van der Waals surface area contributed by atoms with E-state index in [4.69, 9.17) is 0 Å². The van der Waals surface area contributed by atoms with E-state index in [1.165, 1.54) is 17.5 Å². The van der Waals surface area contributed by atoms with Crippen LogP contribution in [0.3, 0.4) is 0 Å². The molecule has 0 aliphatic carbocycles. The number of nitrogens with zero attached hydrogens (tertiary/aromatic N) is 1. The summed E-state index contributed by atoms with van der Waals surface area (Å²) in [6.07, 6.45) is 3.06. The van der Waals surface area contributed by atoms with E-state index in [-0.39, 0.29) is 12.4 Å². The molecule has 3 rings (SSSR count). The second kappa shape index (κ2) is 5.34. The van der Waals surface area contributed by atoms with Gasteiger partial charge in [-0.25, -0.2) is 0 Å². The molecule has 2 N–H and O–H groups in total. The highest BCUT2D eigenvalue weighted by Crippen LogP contribution is 2.22. The predicted molar refractivity (Wildman–Crippen MR) is 73.9 cm³/mol. The van der Waals surface area contributed by atoms with Crippen molar-refractivity contribution in [2.24, 2.45) is 0 Å². The van der Waals surface area contributed by atoms with Crippen LogP contribution in [-0.2, 0) is 0 Å². The summed E-state index contributed by atoms with van der Waals surface area (Å²) in [6.45, 7) is 2.16. The molecule has 0 spiro atoms. The van der Waals surface area contributed by atoms with E-state index in [9.17, 15) is 0 Å². The van der Waals surface area contributed by atoms with Gasteiger partial charge in [-0.1, -0.05) is 18.2 Å². The van der Waals surface area contributed by atoms with E-state index in [0.717, 1.165) is 18.6 Å². The summed E-state index contributed by atoms with van der Waals surface area (Å²) < 4.78 is 0. The number of nitrogens with one attached hydrogen (secondary N) is 2. The van der Waals surface area contributed by atoms with Crippen LogP contribution < -0.4 is 10.6 Å². The number of hydrogen-bond acceptors (Lipinski definition) is 3. The minimum Gasteiger partial charge on any atom is -0.380 e. The molecule has 1 aliphatic rings. The monoisotopic (exact) mass is 249 g/mol. The van der Waals surface area contributed by atoms with Crippen LogP contribution in [0.2, 0.25) is 0 Å². The zero-order valence-corrected chi connectivity index (χ0v) is 10.3. The average Bonchev–Trinajstić information content (AvgIpc) is 2.82. The Morgan fingerprint density at radius 2 is 2.12 bits per heavy atom. The van der Waals surface area contributed by atoms with Gasteiger partial charge in [-0.3, -0.25) is 4.98 Å². The molecule has 1 saturated heterocycles. The number of para-hydroxylation sites is 1. The van der Waals surface area contributed by atoms with E-state index in [1.54, 1.807) is 0 Å². The summed E-state index contributed by atoms with van der Waals surface area (Å²) >= 11 is 0. The summed E-state index contributed by atoms with van der Waals surface area (Å²) in [6, 6.07) is 10.9. The molecule has 17 heavy (non-hydrogen) atoms. The molecule has 1 atom stereocenters. The zero-order valence-electron chi connectivity index (χ0n) is 9.52. The molecule has 2 aromatic rings. The van der Waals surface area contributed by atoms with E-state index in [1.807, 2.05) is 18.3 Å². The molecule has 0 amide bonds. The minimum atomic E-state index is 0. The van der Waals surface area contributed by atoms with Crippen molar-refractivity contribution in [3.05, 3.63) is 36.5 Å². The molecule has 0 unspecified atom stereocenters. The molecular weight excluding hydrogens is 234 g/mol. The highest BCUT2D eigenvalue weighted by Gasteiger charge is 2.14. The third-order valence-electron chi connectivity index (χ3n) is 3.07. The summed E-state index contributed by atoms with van der Waals surface area (Å²) in [5.41, 5.74) is 2.25. The SMILES string of the molecule is Cl.c1ccc2c(N[C@H]3CCNC3)ccnc2c1. The van der Waals surface area contributed by atoms with Crippen LogP contribution in [0.15, 0.2) is 36.5 Å². The van der Waals surface area contributed by atoms with Crippen molar-refractivity contribution in [3.63, 3.8) is 0 Å². The lowest BCUT2D eigenvalue weighted by Crippen LogP contribution is -2.22. The summed E-state index contributed by atoms with van der Waals surface area (Å²) in [5.74, 6) is 0. The standard InChI is InChI=1S/C13H15N3.ClH/c1-2-4-12-11(3-1)13(6-8-15-12)16-10-5-7-14-9-10;/h1-4,6,8,10,14H,5,7,9H2,(H,15,16);1H/t10-;/m0./s1. The Morgan fingerprint density at radius 1 is 1.24 bits per heavy atom. The van der Waals surface area contributed by atoms with Gasteiger partial charge in [0, 0.05) is 29.9 Å². The Bertz CT molecular complexity index is 489. The van der Waals surface area contributed by atoms with Crippen molar-refractivity contribution in [3.8, 4) is 0 Å². The summed E-state index contributed by atoms with van der Waals surface area (Å²) in [5, 5.41) is 8.15. The van der Waals surface area contributed by atoms with E-state index in [0.29, 0.717) is 6.04 Å². The van der Waals surface area contributed by atoms with Crippen molar-refractivity contribution in [2.75, 3.05) is 18.4 Å². The van der Waals surface area contributed by atoms with Gasteiger partial charge in [0.1, 0.15) is 0 Å². The fraction of sp³-hybridized carbons (Fsp3) is 0.308. The summed E-state index contributed by atoms with van der Waals surface area (Å²) in [4.78, 5) is 4.36. The topological polar surface area (TPSA) is 37.0 Å². The molecule has 3 nitrogen and oxygen atoms in total. The molecule has 2 heterocycles. The lowest BCUT2D eigenvalue weighted by atomic mass is 10.1. The number of halogens is 1. The van der Waals surface area contributed by atoms with Gasteiger partial charge in [0.2, 0.25) is 0 Å². The van der Waals surface area contributed by atoms with Gasteiger partial charge in [0.25, 0.3) is 0 Å². The number of benzene rings is 1. The molecule has 0 saturated carbocycles. The number of aromatic nitrogens is 1. The van der Waals surface area contributed by atoms with Gasteiger partial charge in [-0.15, -0.1) is 12.4 Å². The lowest BCUT2D eigenvalue weighted by molar-refractivity contribution is 0.794. The Hall–Kier alpha value is -1.32. The van der Waals surface area contributed by atoms with Gasteiger partial charge in [0.15, 0.2) is 0 Å². The van der Waals surface area contributed by atoms with Crippen LogP contribution in [0.5, 0.6) is 0 Å². The third kappa shape index (κ3) is 2.51. The van der Waals surface area contributed by atoms with Crippen LogP contribution in [-0.4, -0.2) is 24.1 Å². The molecule has 0 bridgehead atoms. The van der Waals surface area contributed by atoms with Crippen molar-refractivity contribution < 1.29 is 0 Å². The summed E-state index contributed by atoms with van der Waals surface area (Å²) in [7, 11) is 0. The largest absolute Gasteiger partial charge is 0.380 e. The molecule has 1 fully saturated rings. The van der Waals surface area contributed by atoms with Crippen molar-refractivity contribution in [2.45, 2.75) is 12.5 Å². The van der Waals surface area contributed by atoms with Crippen LogP contribution in [0.4, 0.5) is 5.69 Å². The van der Waals surface area contributed by atoms with Gasteiger partial charge < -0.3 is 10.6 Å². The predicted octanol–water partition coefficient (Wildman–Crippen LogP) is 2.43. The van der Waals surface area contributed by atoms with Gasteiger partial charge in [0.05, 0.1) is 5.52 Å². The van der Waals surface area contributed by atoms with Crippen molar-refractivity contribution in [1.29, 1.82) is 0 Å². The fourth-order valence-electron chi connectivity index (χ4n) is 2.22. The van der Waals surface area contributed by atoms with Crippen molar-refractivity contribution >= 4 is 29.0 Å². The lowest BCUT2D eigenvalue weighted by Gasteiger charge is -2.14. The Morgan fingerprint density at radius 3 is 2.94 bits per heavy atom. The van der Waals surface area contributed by atoms with E-state index in [2.05, 4.69) is 33.8 Å². The Balaban J connectivity index is 0.00000108. The van der Waals surface area contributed by atoms with Crippen LogP contribution >= 0.6 is 12.4 Å². The minimum absolute atomic E-state index is 0. The number of fused-ring (bicyclic) bond motifs is 1. The smallest absolute Gasteiger partial charge is 0.0722 e. The third-order valence-corrected chi connectivity index (χ3v) is 3.07. The maximum Gasteiger partial charge on any atom is 0.0722 e. The highest BCUT2D eigenvalue weighted by atomic mass is 35.5. The molecule has 1 aromatic carbocycles. The number of rotatable bonds is 2. The van der Waals surface area contributed by atoms with Crippen LogP contribution in [0, 0.1) is 0 Å². The van der Waals surface area contributed by atoms with Gasteiger partial charge in [-0.2, -0.15) is 0 Å². The Kier molecular flexibility index (Phi) is 3.82. The van der Waals surface area contributed by atoms with E-state index < -0.39 is 0 Å². The molecule has 4 heteroatoms. The first-order chi connectivity index (χ1) is 7.93. The highest BCUT2D eigenvalue weighted by molar-refractivity contribution is 5.90. The van der Waals surface area contributed by atoms with Crippen LogP contribution in [0.25, 0.3) is 10.9 Å². The maximum atomic E-state index is 4.36. The fourth-order valence-corrected chi connectivity index (χ4v) is 2.22. The maximum absolute atomic E-state index is 4.36. The quantitative estimate of drug-likeness (QED) is 0.859. The average molecular weight is 250 g/mol. The van der Waals surface area contributed by atoms with Crippen molar-refractivity contribution in [1.82, 2.24) is 10.3 Å². The molecule has 1 aromatic heterocycles. The number of anilines is 1. The molecular formula is C13H16ClN3. The second-order valence-corrected chi connectivity index (χ2v) is 4.21. The molecule has 0 radical (unpaired) electrons. The zero-order chi connectivity index (χ0) is 10.8.